The van der Waals surface area contributed by atoms with Crippen molar-refractivity contribution in [3.8, 4) is 11.5 Å². The molecule has 4 rings (SSSR count). The van der Waals surface area contributed by atoms with Crippen molar-refractivity contribution < 1.29 is 41.7 Å². The number of ether oxygens (including phenoxy) is 5. The van der Waals surface area contributed by atoms with Gasteiger partial charge in [0.2, 0.25) is 0 Å². The van der Waals surface area contributed by atoms with Crippen molar-refractivity contribution in [3.05, 3.63) is 53.3 Å². The topological polar surface area (TPSA) is 79.4 Å². The SMILES string of the molecule is COc1cccnc1C12CCN(C(=O)c3ccc(OCCOC(F)(F)F)c(C)c3)CC1OCO2. The summed E-state index contributed by atoms with van der Waals surface area (Å²) in [4.78, 5) is 19.4. The normalized spacial score (nSPS) is 22.4. The van der Waals surface area contributed by atoms with Crippen molar-refractivity contribution in [2.24, 2.45) is 0 Å². The summed E-state index contributed by atoms with van der Waals surface area (Å²) >= 11 is 0. The standard InChI is InChI=1S/C23H25F3N2O6/c1-15-12-16(5-6-17(15)31-10-11-33-23(24,25)26)21(29)28-9-7-22(19(13-28)32-14-34-22)20-18(30-2)4-3-8-27-20/h3-6,8,12,19H,7,9-11,13-14H2,1-2H3. The summed E-state index contributed by atoms with van der Waals surface area (Å²) in [7, 11) is 1.57. The molecule has 0 bridgehead atoms. The van der Waals surface area contributed by atoms with E-state index in [-0.39, 0.29) is 19.3 Å². The minimum Gasteiger partial charge on any atom is -0.495 e. The molecule has 0 N–H and O–H groups in total. The number of hydrogen-bond donors (Lipinski definition) is 0. The zero-order chi connectivity index (χ0) is 24.3. The first-order valence-electron chi connectivity index (χ1n) is 10.7. The number of nitrogens with zero attached hydrogens (tertiary/aromatic N) is 2. The van der Waals surface area contributed by atoms with Gasteiger partial charge in [0.25, 0.3) is 5.91 Å². The van der Waals surface area contributed by atoms with Crippen LogP contribution in [0.4, 0.5) is 13.2 Å². The Labute approximate surface area is 194 Å². The van der Waals surface area contributed by atoms with Gasteiger partial charge in [-0.3, -0.25) is 14.5 Å². The van der Waals surface area contributed by atoms with Crippen LogP contribution in [-0.2, 0) is 19.8 Å². The van der Waals surface area contributed by atoms with E-state index in [9.17, 15) is 18.0 Å². The Balaban J connectivity index is 1.42. The molecule has 2 atom stereocenters. The molecule has 11 heteroatoms. The zero-order valence-corrected chi connectivity index (χ0v) is 18.8. The largest absolute Gasteiger partial charge is 0.522 e. The summed E-state index contributed by atoms with van der Waals surface area (Å²) in [6.45, 7) is 1.66. The number of alkyl halides is 3. The molecular formula is C23H25F3N2O6. The molecule has 2 fully saturated rings. The van der Waals surface area contributed by atoms with E-state index in [0.717, 1.165) is 0 Å². The number of carbonyl (C=O) groups is 1. The highest BCUT2D eigenvalue weighted by Crippen LogP contribution is 2.45. The van der Waals surface area contributed by atoms with E-state index >= 15 is 0 Å². The molecule has 2 aliphatic rings. The van der Waals surface area contributed by atoms with E-state index in [1.807, 2.05) is 6.07 Å². The van der Waals surface area contributed by atoms with Crippen LogP contribution in [0.1, 0.15) is 28.0 Å². The van der Waals surface area contributed by atoms with Gasteiger partial charge in [-0.1, -0.05) is 0 Å². The number of halogens is 3. The van der Waals surface area contributed by atoms with Crippen molar-refractivity contribution in [3.63, 3.8) is 0 Å². The van der Waals surface area contributed by atoms with E-state index in [4.69, 9.17) is 18.9 Å². The first kappa shape index (κ1) is 24.2. The van der Waals surface area contributed by atoms with Crippen molar-refractivity contribution >= 4 is 5.91 Å². The number of likely N-dealkylation sites (tertiary alicyclic amines) is 1. The summed E-state index contributed by atoms with van der Waals surface area (Å²) in [6, 6.07) is 8.40. The molecule has 1 aromatic carbocycles. The number of amides is 1. The van der Waals surface area contributed by atoms with Gasteiger partial charge < -0.3 is 23.8 Å². The summed E-state index contributed by atoms with van der Waals surface area (Å²) in [6.07, 6.45) is -2.96. The Kier molecular flexibility index (Phi) is 6.96. The van der Waals surface area contributed by atoms with Crippen LogP contribution in [0.25, 0.3) is 0 Å². The number of aryl methyl sites for hydroxylation is 1. The minimum atomic E-state index is -4.70. The van der Waals surface area contributed by atoms with Crippen molar-refractivity contribution in [1.82, 2.24) is 9.88 Å². The summed E-state index contributed by atoms with van der Waals surface area (Å²) < 4.78 is 62.6. The lowest BCUT2D eigenvalue weighted by Gasteiger charge is -2.41. The molecule has 1 amide bonds. The Morgan fingerprint density at radius 3 is 2.82 bits per heavy atom. The van der Waals surface area contributed by atoms with Crippen molar-refractivity contribution in [2.45, 2.75) is 31.4 Å². The van der Waals surface area contributed by atoms with Crippen molar-refractivity contribution in [2.75, 3.05) is 40.2 Å². The monoisotopic (exact) mass is 482 g/mol. The van der Waals surface area contributed by atoms with Gasteiger partial charge in [0, 0.05) is 24.7 Å². The molecule has 2 aromatic rings. The summed E-state index contributed by atoms with van der Waals surface area (Å²) in [5.74, 6) is 0.798. The Morgan fingerprint density at radius 2 is 2.09 bits per heavy atom. The van der Waals surface area contributed by atoms with E-state index in [1.54, 1.807) is 49.4 Å². The third kappa shape index (κ3) is 4.96. The van der Waals surface area contributed by atoms with Crippen LogP contribution in [0.15, 0.2) is 36.5 Å². The van der Waals surface area contributed by atoms with Gasteiger partial charge in [-0.25, -0.2) is 0 Å². The van der Waals surface area contributed by atoms with Crippen LogP contribution in [0, 0.1) is 6.92 Å². The van der Waals surface area contributed by atoms with Crippen LogP contribution in [0.2, 0.25) is 0 Å². The van der Waals surface area contributed by atoms with Gasteiger partial charge in [0.05, 0.1) is 20.3 Å². The molecule has 34 heavy (non-hydrogen) atoms. The molecule has 2 aliphatic heterocycles. The number of piperidine rings is 1. The maximum absolute atomic E-state index is 13.2. The van der Waals surface area contributed by atoms with Gasteiger partial charge in [0.1, 0.15) is 42.3 Å². The van der Waals surface area contributed by atoms with Crippen molar-refractivity contribution in [1.29, 1.82) is 0 Å². The first-order chi connectivity index (χ1) is 16.2. The van der Waals surface area contributed by atoms with Crippen LogP contribution < -0.4 is 9.47 Å². The lowest BCUT2D eigenvalue weighted by atomic mass is 9.84. The minimum absolute atomic E-state index is 0.0929. The second-order valence-corrected chi connectivity index (χ2v) is 7.99. The lowest BCUT2D eigenvalue weighted by molar-refractivity contribution is -0.325. The molecule has 8 nitrogen and oxygen atoms in total. The van der Waals surface area contributed by atoms with E-state index in [2.05, 4.69) is 9.72 Å². The number of pyridine rings is 1. The second kappa shape index (κ2) is 9.77. The zero-order valence-electron chi connectivity index (χ0n) is 18.8. The maximum Gasteiger partial charge on any atom is 0.522 e. The predicted molar refractivity (Wildman–Crippen MR) is 112 cm³/mol. The molecule has 0 aliphatic carbocycles. The van der Waals surface area contributed by atoms with Crippen LogP contribution in [0.5, 0.6) is 11.5 Å². The quantitative estimate of drug-likeness (QED) is 0.560. The van der Waals surface area contributed by atoms with Gasteiger partial charge in [-0.2, -0.15) is 0 Å². The molecule has 2 saturated heterocycles. The summed E-state index contributed by atoms with van der Waals surface area (Å²) in [5.41, 5.74) is 0.926. The van der Waals surface area contributed by atoms with Gasteiger partial charge in [0.15, 0.2) is 0 Å². The highest BCUT2D eigenvalue weighted by Gasteiger charge is 2.53. The van der Waals surface area contributed by atoms with Gasteiger partial charge >= 0.3 is 6.36 Å². The third-order valence-corrected chi connectivity index (χ3v) is 5.95. The van der Waals surface area contributed by atoms with E-state index in [1.165, 1.54) is 0 Å². The number of aromatic nitrogens is 1. The highest BCUT2D eigenvalue weighted by molar-refractivity contribution is 5.94. The summed E-state index contributed by atoms with van der Waals surface area (Å²) in [5, 5.41) is 0. The molecule has 0 radical (unpaired) electrons. The lowest BCUT2D eigenvalue weighted by Crippen LogP contribution is -2.54. The molecule has 3 heterocycles. The number of fused-ring (bicyclic) bond motifs is 1. The maximum atomic E-state index is 13.2. The van der Waals surface area contributed by atoms with E-state index in [0.29, 0.717) is 47.8 Å². The fourth-order valence-electron chi connectivity index (χ4n) is 4.31. The molecule has 184 valence electrons. The average Bonchev–Trinajstić information content (AvgIpc) is 3.25. The predicted octanol–water partition coefficient (Wildman–Crippen LogP) is 3.43. The number of methoxy groups -OCH3 is 1. The van der Waals surface area contributed by atoms with Crippen LogP contribution >= 0.6 is 0 Å². The molecule has 1 aromatic heterocycles. The third-order valence-electron chi connectivity index (χ3n) is 5.95. The van der Waals surface area contributed by atoms with Crippen LogP contribution in [-0.4, -0.2) is 68.5 Å². The number of hydrogen-bond acceptors (Lipinski definition) is 7. The smallest absolute Gasteiger partial charge is 0.495 e. The highest BCUT2D eigenvalue weighted by atomic mass is 19.4. The fourth-order valence-corrected chi connectivity index (χ4v) is 4.31. The van der Waals surface area contributed by atoms with Gasteiger partial charge in [-0.05, 0) is 42.8 Å². The Hall–Kier alpha value is -2.89. The van der Waals surface area contributed by atoms with Gasteiger partial charge in [-0.15, -0.1) is 13.2 Å². The molecular weight excluding hydrogens is 457 g/mol. The second-order valence-electron chi connectivity index (χ2n) is 7.99. The Bertz CT molecular complexity index is 1030. The number of rotatable bonds is 7. The Morgan fingerprint density at radius 1 is 1.26 bits per heavy atom. The number of benzene rings is 1. The molecule has 0 saturated carbocycles. The average molecular weight is 482 g/mol. The van der Waals surface area contributed by atoms with E-state index < -0.39 is 24.7 Å². The van der Waals surface area contributed by atoms with Crippen LogP contribution in [0.3, 0.4) is 0 Å². The first-order valence-corrected chi connectivity index (χ1v) is 10.7. The molecule has 2 unspecified atom stereocenters. The number of carbonyl (C=O) groups excluding carboxylic acids is 1. The fraction of sp³-hybridized carbons (Fsp3) is 0.478. The molecule has 0 spiro atoms.